The first-order chi connectivity index (χ1) is 8.84. The molecule has 1 aromatic rings. The topological polar surface area (TPSA) is 37.4 Å². The van der Waals surface area contributed by atoms with Gasteiger partial charge in [-0.05, 0) is 72.8 Å². The van der Waals surface area contributed by atoms with Gasteiger partial charge in [0.15, 0.2) is 0 Å². The zero-order valence-corrected chi connectivity index (χ0v) is 14.0. The zero-order chi connectivity index (χ0) is 14.2. The minimum atomic E-state index is -3.39. The van der Waals surface area contributed by atoms with Crippen molar-refractivity contribution in [3.63, 3.8) is 0 Å². The Morgan fingerprint density at radius 1 is 1.21 bits per heavy atom. The van der Waals surface area contributed by atoms with Gasteiger partial charge in [-0.25, -0.2) is 8.42 Å². The van der Waals surface area contributed by atoms with Crippen molar-refractivity contribution in [1.82, 2.24) is 4.31 Å². The summed E-state index contributed by atoms with van der Waals surface area (Å²) in [4.78, 5) is 0.393. The Labute approximate surface area is 124 Å². The number of piperidine rings is 1. The summed E-state index contributed by atoms with van der Waals surface area (Å²) in [6.07, 6.45) is 3.01. The lowest BCUT2D eigenvalue weighted by molar-refractivity contribution is 0.268. The summed E-state index contributed by atoms with van der Waals surface area (Å²) in [5, 5.41) is 0. The van der Waals surface area contributed by atoms with Crippen LogP contribution in [0.1, 0.15) is 37.3 Å². The normalized spacial score (nSPS) is 21.6. The molecule has 106 valence electrons. The molecule has 1 aliphatic rings. The Balaban J connectivity index is 2.47. The Kier molecular flexibility index (Phi) is 4.38. The molecule has 19 heavy (non-hydrogen) atoms. The second kappa shape index (κ2) is 5.54. The third kappa shape index (κ3) is 2.88. The van der Waals surface area contributed by atoms with Crippen LogP contribution in [0.5, 0.6) is 0 Å². The molecule has 0 amide bonds. The van der Waals surface area contributed by atoms with Gasteiger partial charge in [0.2, 0.25) is 10.0 Å². The smallest absolute Gasteiger partial charge is 0.207 e. The number of nitrogens with zero attached hydrogens (tertiary/aromatic N) is 1. The molecule has 2 rings (SSSR count). The monoisotopic (exact) mass is 345 g/mol. The Morgan fingerprint density at radius 2 is 1.84 bits per heavy atom. The van der Waals surface area contributed by atoms with Gasteiger partial charge >= 0.3 is 0 Å². The van der Waals surface area contributed by atoms with E-state index in [1.165, 1.54) is 0 Å². The SMILES string of the molecule is Cc1cc(Br)c(S(=O)(=O)N2CCCCC2C)cc1C. The third-order valence-electron chi connectivity index (χ3n) is 3.88. The van der Waals surface area contributed by atoms with Crippen LogP contribution in [0.15, 0.2) is 21.5 Å². The molecule has 0 spiro atoms. The van der Waals surface area contributed by atoms with Gasteiger partial charge in [-0.2, -0.15) is 4.31 Å². The molecule has 0 saturated carbocycles. The molecule has 5 heteroatoms. The van der Waals surface area contributed by atoms with Crippen molar-refractivity contribution in [2.24, 2.45) is 0 Å². The van der Waals surface area contributed by atoms with Crippen LogP contribution in [0, 0.1) is 13.8 Å². The Morgan fingerprint density at radius 3 is 2.47 bits per heavy atom. The molecule has 0 radical (unpaired) electrons. The lowest BCUT2D eigenvalue weighted by atomic mass is 10.1. The highest BCUT2D eigenvalue weighted by atomic mass is 79.9. The van der Waals surface area contributed by atoms with E-state index in [4.69, 9.17) is 0 Å². The summed E-state index contributed by atoms with van der Waals surface area (Å²) < 4.78 is 27.9. The highest BCUT2D eigenvalue weighted by molar-refractivity contribution is 9.10. The van der Waals surface area contributed by atoms with Crippen LogP contribution in [0.3, 0.4) is 0 Å². The van der Waals surface area contributed by atoms with Crippen molar-refractivity contribution in [1.29, 1.82) is 0 Å². The van der Waals surface area contributed by atoms with E-state index in [-0.39, 0.29) is 6.04 Å². The molecule has 1 atom stereocenters. The predicted molar refractivity (Wildman–Crippen MR) is 80.8 cm³/mol. The van der Waals surface area contributed by atoms with E-state index in [9.17, 15) is 8.42 Å². The molecule has 0 bridgehead atoms. The van der Waals surface area contributed by atoms with Gasteiger partial charge < -0.3 is 0 Å². The maximum atomic E-state index is 12.8. The predicted octanol–water partition coefficient (Wildman–Crippen LogP) is 3.63. The van der Waals surface area contributed by atoms with Crippen LogP contribution in [0.25, 0.3) is 0 Å². The van der Waals surface area contributed by atoms with Gasteiger partial charge in [-0.15, -0.1) is 0 Å². The molecule has 1 unspecified atom stereocenters. The number of aryl methyl sites for hydroxylation is 2. The summed E-state index contributed by atoms with van der Waals surface area (Å²) in [7, 11) is -3.39. The van der Waals surface area contributed by atoms with E-state index >= 15 is 0 Å². The van der Waals surface area contributed by atoms with E-state index in [2.05, 4.69) is 15.9 Å². The number of hydrogen-bond donors (Lipinski definition) is 0. The van der Waals surface area contributed by atoms with Crippen LogP contribution in [-0.4, -0.2) is 25.3 Å². The standard InChI is InChI=1S/C14H20BrNO2S/c1-10-8-13(15)14(9-11(10)2)19(17,18)16-7-5-4-6-12(16)3/h8-9,12H,4-7H2,1-3H3. The van der Waals surface area contributed by atoms with Crippen molar-refractivity contribution in [3.05, 3.63) is 27.7 Å². The van der Waals surface area contributed by atoms with E-state index in [0.717, 1.165) is 30.4 Å². The quantitative estimate of drug-likeness (QED) is 0.820. The van der Waals surface area contributed by atoms with Gasteiger partial charge in [0, 0.05) is 17.1 Å². The lowest BCUT2D eigenvalue weighted by Crippen LogP contribution is -2.42. The highest BCUT2D eigenvalue weighted by Gasteiger charge is 2.32. The second-order valence-corrected chi connectivity index (χ2v) is 8.04. The molecule has 0 N–H and O–H groups in total. The fourth-order valence-electron chi connectivity index (χ4n) is 2.51. The molecule has 0 aliphatic carbocycles. The summed E-state index contributed by atoms with van der Waals surface area (Å²) >= 11 is 3.40. The summed E-state index contributed by atoms with van der Waals surface area (Å²) in [6.45, 7) is 6.55. The van der Waals surface area contributed by atoms with Crippen LogP contribution >= 0.6 is 15.9 Å². The number of sulfonamides is 1. The van der Waals surface area contributed by atoms with E-state index < -0.39 is 10.0 Å². The Hall–Kier alpha value is -0.390. The average Bonchev–Trinajstić information content (AvgIpc) is 2.34. The van der Waals surface area contributed by atoms with Crippen LogP contribution in [0.4, 0.5) is 0 Å². The average molecular weight is 346 g/mol. The van der Waals surface area contributed by atoms with Gasteiger partial charge in [0.25, 0.3) is 0 Å². The molecular formula is C14H20BrNO2S. The number of hydrogen-bond acceptors (Lipinski definition) is 2. The van der Waals surface area contributed by atoms with Gasteiger partial charge in [0.05, 0.1) is 4.90 Å². The fraction of sp³-hybridized carbons (Fsp3) is 0.571. The van der Waals surface area contributed by atoms with Crippen molar-refractivity contribution in [3.8, 4) is 0 Å². The van der Waals surface area contributed by atoms with Gasteiger partial charge in [-0.3, -0.25) is 0 Å². The number of halogens is 1. The molecule has 1 fully saturated rings. The van der Waals surface area contributed by atoms with Crippen molar-refractivity contribution < 1.29 is 8.42 Å². The molecule has 1 saturated heterocycles. The third-order valence-corrected chi connectivity index (χ3v) is 6.85. The fourth-order valence-corrected chi connectivity index (χ4v) is 5.41. The van der Waals surface area contributed by atoms with Gasteiger partial charge in [0.1, 0.15) is 0 Å². The lowest BCUT2D eigenvalue weighted by Gasteiger charge is -2.32. The summed E-state index contributed by atoms with van der Waals surface area (Å²) in [5.74, 6) is 0. The minimum absolute atomic E-state index is 0.0901. The maximum Gasteiger partial charge on any atom is 0.244 e. The first kappa shape index (κ1) is 15.0. The maximum absolute atomic E-state index is 12.8. The van der Waals surface area contributed by atoms with Crippen molar-refractivity contribution >= 4 is 26.0 Å². The zero-order valence-electron chi connectivity index (χ0n) is 11.6. The van der Waals surface area contributed by atoms with Crippen molar-refractivity contribution in [2.75, 3.05) is 6.54 Å². The first-order valence-corrected chi connectivity index (χ1v) is 8.86. The molecule has 0 aromatic heterocycles. The van der Waals surface area contributed by atoms with Crippen LogP contribution < -0.4 is 0 Å². The minimum Gasteiger partial charge on any atom is -0.207 e. The van der Waals surface area contributed by atoms with Crippen molar-refractivity contribution in [2.45, 2.75) is 51.0 Å². The van der Waals surface area contributed by atoms with Crippen LogP contribution in [0.2, 0.25) is 0 Å². The second-order valence-electron chi connectivity index (χ2n) is 5.33. The molecule has 1 heterocycles. The Bertz CT molecular complexity index is 583. The summed E-state index contributed by atoms with van der Waals surface area (Å²) in [6, 6.07) is 3.75. The molecule has 1 aromatic carbocycles. The molecular weight excluding hydrogens is 326 g/mol. The van der Waals surface area contributed by atoms with Crippen LogP contribution in [-0.2, 0) is 10.0 Å². The highest BCUT2D eigenvalue weighted by Crippen LogP contribution is 2.31. The van der Waals surface area contributed by atoms with E-state index in [0.29, 0.717) is 15.9 Å². The van der Waals surface area contributed by atoms with Gasteiger partial charge in [-0.1, -0.05) is 6.42 Å². The first-order valence-electron chi connectivity index (χ1n) is 6.62. The molecule has 1 aliphatic heterocycles. The van der Waals surface area contributed by atoms with E-state index in [1.54, 1.807) is 10.4 Å². The van der Waals surface area contributed by atoms with E-state index in [1.807, 2.05) is 26.8 Å². The largest absolute Gasteiger partial charge is 0.244 e. The number of rotatable bonds is 2. The summed E-state index contributed by atoms with van der Waals surface area (Å²) in [5.41, 5.74) is 2.10. The molecule has 3 nitrogen and oxygen atoms in total. The number of benzene rings is 1.